The van der Waals surface area contributed by atoms with Gasteiger partial charge in [0, 0.05) is 38.2 Å². The Bertz CT molecular complexity index is 505. The van der Waals surface area contributed by atoms with Crippen molar-refractivity contribution in [1.29, 1.82) is 0 Å². The van der Waals surface area contributed by atoms with E-state index in [0.717, 1.165) is 5.82 Å². The minimum absolute atomic E-state index is 0.00828. The largest absolute Gasteiger partial charge is 0.396 e. The predicted molar refractivity (Wildman–Crippen MR) is 87.9 cm³/mol. The Morgan fingerprint density at radius 1 is 1.30 bits per heavy atom. The van der Waals surface area contributed by atoms with Crippen molar-refractivity contribution < 1.29 is 9.90 Å². The number of carbonyl (C=O) groups is 1. The highest BCUT2D eigenvalue weighted by atomic mass is 16.3. The zero-order chi connectivity index (χ0) is 16.1. The molecule has 2 aliphatic rings. The zero-order valence-electron chi connectivity index (χ0n) is 13.5. The van der Waals surface area contributed by atoms with Gasteiger partial charge in [0.25, 0.3) is 0 Å². The zero-order valence-corrected chi connectivity index (χ0v) is 13.5. The minimum atomic E-state index is -0.00828. The second-order valence-corrected chi connectivity index (χ2v) is 6.80. The molecule has 1 aromatic heterocycles. The van der Waals surface area contributed by atoms with Crippen LogP contribution in [0.2, 0.25) is 0 Å². The van der Waals surface area contributed by atoms with Crippen molar-refractivity contribution in [2.24, 2.45) is 11.8 Å². The molecule has 1 aliphatic heterocycles. The van der Waals surface area contributed by atoms with Gasteiger partial charge in [-0.2, -0.15) is 0 Å². The van der Waals surface area contributed by atoms with Crippen molar-refractivity contribution in [3.05, 3.63) is 18.6 Å². The molecule has 0 radical (unpaired) electrons. The number of nitrogens with one attached hydrogen (secondary N) is 1. The number of hydrogen-bond donors (Lipinski definition) is 2. The van der Waals surface area contributed by atoms with Gasteiger partial charge >= 0.3 is 0 Å². The molecule has 0 spiro atoms. The topological polar surface area (TPSA) is 78.4 Å². The molecule has 0 unspecified atom stereocenters. The standard InChI is InChI=1S/C17H26N4O2/c22-11-14-9-21(16-6-7-18-12-19-16)10-15(14)20-17(23)8-13-4-2-1-3-5-13/h6-7,12-15,22H,1-5,8-11H2,(H,20,23)/t14-,15+/m0/s1. The highest BCUT2D eigenvalue weighted by Gasteiger charge is 2.34. The smallest absolute Gasteiger partial charge is 0.220 e. The van der Waals surface area contributed by atoms with Gasteiger partial charge in [-0.05, 0) is 24.8 Å². The molecule has 23 heavy (non-hydrogen) atoms. The Morgan fingerprint density at radius 3 is 2.83 bits per heavy atom. The molecule has 2 atom stereocenters. The third-order valence-electron chi connectivity index (χ3n) is 5.11. The summed E-state index contributed by atoms with van der Waals surface area (Å²) in [6.45, 7) is 1.48. The summed E-state index contributed by atoms with van der Waals surface area (Å²) in [5.74, 6) is 1.57. The van der Waals surface area contributed by atoms with E-state index >= 15 is 0 Å². The quantitative estimate of drug-likeness (QED) is 0.857. The molecule has 2 heterocycles. The molecular formula is C17H26N4O2. The van der Waals surface area contributed by atoms with Gasteiger partial charge in [-0.25, -0.2) is 9.97 Å². The highest BCUT2D eigenvalue weighted by molar-refractivity contribution is 5.76. The number of aromatic nitrogens is 2. The van der Waals surface area contributed by atoms with Crippen LogP contribution >= 0.6 is 0 Å². The lowest BCUT2D eigenvalue weighted by Crippen LogP contribution is -2.42. The van der Waals surface area contributed by atoms with Gasteiger partial charge in [0.2, 0.25) is 5.91 Å². The van der Waals surface area contributed by atoms with Crippen LogP contribution < -0.4 is 10.2 Å². The fourth-order valence-electron chi connectivity index (χ4n) is 3.80. The maximum Gasteiger partial charge on any atom is 0.220 e. The Morgan fingerprint density at radius 2 is 2.13 bits per heavy atom. The first-order valence-electron chi connectivity index (χ1n) is 8.67. The van der Waals surface area contributed by atoms with Crippen molar-refractivity contribution in [3.63, 3.8) is 0 Å². The van der Waals surface area contributed by atoms with E-state index in [1.54, 1.807) is 6.20 Å². The number of nitrogens with zero attached hydrogens (tertiary/aromatic N) is 3. The van der Waals surface area contributed by atoms with Crippen LogP contribution in [-0.2, 0) is 4.79 Å². The van der Waals surface area contributed by atoms with Crippen LogP contribution in [-0.4, -0.2) is 46.7 Å². The molecule has 2 N–H and O–H groups in total. The van der Waals surface area contributed by atoms with Gasteiger partial charge in [-0.1, -0.05) is 19.3 Å². The first kappa shape index (κ1) is 16.2. The second-order valence-electron chi connectivity index (χ2n) is 6.80. The van der Waals surface area contributed by atoms with Crippen molar-refractivity contribution >= 4 is 11.7 Å². The number of aliphatic hydroxyl groups is 1. The lowest BCUT2D eigenvalue weighted by atomic mass is 9.86. The van der Waals surface area contributed by atoms with E-state index in [4.69, 9.17) is 0 Å². The first-order chi connectivity index (χ1) is 11.3. The number of hydrogen-bond acceptors (Lipinski definition) is 5. The Labute approximate surface area is 137 Å². The minimum Gasteiger partial charge on any atom is -0.396 e. The molecule has 2 fully saturated rings. The van der Waals surface area contributed by atoms with E-state index in [0.29, 0.717) is 25.4 Å². The molecular weight excluding hydrogens is 292 g/mol. The Hall–Kier alpha value is -1.69. The lowest BCUT2D eigenvalue weighted by Gasteiger charge is -2.23. The predicted octanol–water partition coefficient (Wildman–Crippen LogP) is 1.36. The van der Waals surface area contributed by atoms with Crippen LogP contribution in [0.4, 0.5) is 5.82 Å². The summed E-state index contributed by atoms with van der Waals surface area (Å²) in [7, 11) is 0. The molecule has 1 saturated heterocycles. The third-order valence-corrected chi connectivity index (χ3v) is 5.11. The van der Waals surface area contributed by atoms with Crippen molar-refractivity contribution in [2.45, 2.75) is 44.6 Å². The van der Waals surface area contributed by atoms with Gasteiger partial charge in [-0.3, -0.25) is 4.79 Å². The average molecular weight is 318 g/mol. The molecule has 1 aliphatic carbocycles. The van der Waals surface area contributed by atoms with Crippen LogP contribution in [0.15, 0.2) is 18.6 Å². The molecule has 1 saturated carbocycles. The number of amides is 1. The molecule has 3 rings (SSSR count). The van der Waals surface area contributed by atoms with Crippen molar-refractivity contribution in [3.8, 4) is 0 Å². The molecule has 1 amide bonds. The number of aliphatic hydroxyl groups excluding tert-OH is 1. The van der Waals surface area contributed by atoms with Gasteiger partial charge < -0.3 is 15.3 Å². The van der Waals surface area contributed by atoms with E-state index in [1.807, 2.05) is 6.07 Å². The maximum absolute atomic E-state index is 12.3. The average Bonchev–Trinajstić information content (AvgIpc) is 2.99. The van der Waals surface area contributed by atoms with E-state index < -0.39 is 0 Å². The van der Waals surface area contributed by atoms with Crippen LogP contribution in [0.3, 0.4) is 0 Å². The maximum atomic E-state index is 12.3. The lowest BCUT2D eigenvalue weighted by molar-refractivity contribution is -0.123. The Balaban J connectivity index is 1.54. The summed E-state index contributed by atoms with van der Waals surface area (Å²) < 4.78 is 0. The van der Waals surface area contributed by atoms with Crippen LogP contribution in [0.5, 0.6) is 0 Å². The normalized spacial score (nSPS) is 25.5. The molecule has 1 aromatic rings. The van der Waals surface area contributed by atoms with Gasteiger partial charge in [0.05, 0.1) is 6.04 Å². The summed E-state index contributed by atoms with van der Waals surface area (Å²) in [6.07, 6.45) is 10.0. The molecule has 0 aromatic carbocycles. The molecule has 0 bridgehead atoms. The van der Waals surface area contributed by atoms with Crippen molar-refractivity contribution in [1.82, 2.24) is 15.3 Å². The van der Waals surface area contributed by atoms with Crippen LogP contribution in [0.25, 0.3) is 0 Å². The monoisotopic (exact) mass is 318 g/mol. The number of rotatable bonds is 5. The van der Waals surface area contributed by atoms with Gasteiger partial charge in [0.15, 0.2) is 0 Å². The molecule has 126 valence electrons. The fraction of sp³-hybridized carbons (Fsp3) is 0.706. The molecule has 6 nitrogen and oxygen atoms in total. The summed E-state index contributed by atoms with van der Waals surface area (Å²) in [4.78, 5) is 22.6. The second kappa shape index (κ2) is 7.73. The van der Waals surface area contributed by atoms with Crippen LogP contribution in [0.1, 0.15) is 38.5 Å². The summed E-state index contributed by atoms with van der Waals surface area (Å²) in [5.41, 5.74) is 0. The summed E-state index contributed by atoms with van der Waals surface area (Å²) in [6, 6.07) is 1.85. The fourth-order valence-corrected chi connectivity index (χ4v) is 3.80. The van der Waals surface area contributed by atoms with Crippen LogP contribution in [0, 0.1) is 11.8 Å². The SMILES string of the molecule is O=C(CC1CCCCC1)N[C@@H]1CN(c2ccncn2)C[C@H]1CO. The Kier molecular flexibility index (Phi) is 5.43. The van der Waals surface area contributed by atoms with E-state index in [1.165, 1.54) is 38.4 Å². The number of anilines is 1. The first-order valence-corrected chi connectivity index (χ1v) is 8.67. The molecule has 6 heteroatoms. The number of carbonyl (C=O) groups excluding carboxylic acids is 1. The highest BCUT2D eigenvalue weighted by Crippen LogP contribution is 2.27. The van der Waals surface area contributed by atoms with Gasteiger partial charge in [0.1, 0.15) is 12.1 Å². The summed E-state index contributed by atoms with van der Waals surface area (Å²) in [5, 5.41) is 12.8. The van der Waals surface area contributed by atoms with E-state index in [-0.39, 0.29) is 24.5 Å². The third kappa shape index (κ3) is 4.19. The van der Waals surface area contributed by atoms with E-state index in [9.17, 15) is 9.90 Å². The van der Waals surface area contributed by atoms with Gasteiger partial charge in [-0.15, -0.1) is 0 Å². The van der Waals surface area contributed by atoms with E-state index in [2.05, 4.69) is 20.2 Å². The summed E-state index contributed by atoms with van der Waals surface area (Å²) >= 11 is 0. The van der Waals surface area contributed by atoms with Crippen molar-refractivity contribution in [2.75, 3.05) is 24.6 Å².